The maximum Gasteiger partial charge on any atom is 0.253 e. The Kier molecular flexibility index (Phi) is 4.85. The molecule has 4 aromatic rings. The molecule has 0 aliphatic carbocycles. The van der Waals surface area contributed by atoms with Crippen LogP contribution in [0.5, 0.6) is 0 Å². The highest BCUT2D eigenvalue weighted by molar-refractivity contribution is 5.94. The molecule has 4 rings (SSSR count). The van der Waals surface area contributed by atoms with Gasteiger partial charge in [0.25, 0.3) is 5.91 Å². The molecule has 2 aromatic heterocycles. The minimum absolute atomic E-state index is 0.231. The molecule has 0 aliphatic heterocycles. The summed E-state index contributed by atoms with van der Waals surface area (Å²) in [6.07, 6.45) is 3.14. The normalized spacial score (nSPS) is 12.1. The second-order valence-corrected chi connectivity index (χ2v) is 6.57. The first-order valence-electron chi connectivity index (χ1n) is 9.03. The van der Waals surface area contributed by atoms with Crippen LogP contribution in [-0.4, -0.2) is 20.4 Å². The van der Waals surface area contributed by atoms with Gasteiger partial charge in [-0.05, 0) is 37.3 Å². The Morgan fingerprint density at radius 3 is 2.68 bits per heavy atom. The molecule has 1 N–H and O–H groups in total. The summed E-state index contributed by atoms with van der Waals surface area (Å²) in [5.41, 5.74) is 2.74. The molecule has 140 valence electrons. The summed E-state index contributed by atoms with van der Waals surface area (Å²) in [7, 11) is 0. The Labute approximate surface area is 161 Å². The lowest BCUT2D eigenvalue weighted by molar-refractivity contribution is 0.0937. The number of halogens is 1. The first-order valence-corrected chi connectivity index (χ1v) is 9.03. The van der Waals surface area contributed by atoms with Gasteiger partial charge in [0.15, 0.2) is 0 Å². The SMILES string of the molecule is CC(NC(=O)c1cccnc1)c1nc2ccccc2n1Cc1ccccc1F. The third-order valence-corrected chi connectivity index (χ3v) is 4.63. The second kappa shape index (κ2) is 7.60. The van der Waals surface area contributed by atoms with Crippen molar-refractivity contribution in [3.8, 4) is 0 Å². The van der Waals surface area contributed by atoms with E-state index in [4.69, 9.17) is 4.98 Å². The number of hydrogen-bond donors (Lipinski definition) is 1. The first kappa shape index (κ1) is 17.9. The molecule has 28 heavy (non-hydrogen) atoms. The minimum Gasteiger partial charge on any atom is -0.342 e. The van der Waals surface area contributed by atoms with E-state index in [-0.39, 0.29) is 17.8 Å². The molecule has 0 saturated carbocycles. The number of para-hydroxylation sites is 2. The zero-order valence-electron chi connectivity index (χ0n) is 15.3. The Balaban J connectivity index is 1.70. The van der Waals surface area contributed by atoms with Gasteiger partial charge in [0.1, 0.15) is 11.6 Å². The number of aromatic nitrogens is 3. The highest BCUT2D eigenvalue weighted by Gasteiger charge is 2.20. The summed E-state index contributed by atoms with van der Waals surface area (Å²) in [5, 5.41) is 2.96. The quantitative estimate of drug-likeness (QED) is 0.572. The lowest BCUT2D eigenvalue weighted by Crippen LogP contribution is -2.29. The molecule has 6 heteroatoms. The Morgan fingerprint density at radius 1 is 1.11 bits per heavy atom. The Hall–Kier alpha value is -3.54. The number of carbonyl (C=O) groups is 1. The van der Waals surface area contributed by atoms with Crippen LogP contribution in [0.25, 0.3) is 11.0 Å². The van der Waals surface area contributed by atoms with Crippen molar-refractivity contribution in [2.75, 3.05) is 0 Å². The molecule has 0 radical (unpaired) electrons. The molecular formula is C22H19FN4O. The number of benzene rings is 2. The highest BCUT2D eigenvalue weighted by Crippen LogP contribution is 2.23. The maximum absolute atomic E-state index is 14.2. The van der Waals surface area contributed by atoms with Crippen LogP contribution in [0.3, 0.4) is 0 Å². The summed E-state index contributed by atoms with van der Waals surface area (Å²) in [6, 6.07) is 17.4. The smallest absolute Gasteiger partial charge is 0.253 e. The van der Waals surface area contributed by atoms with E-state index >= 15 is 0 Å². The Bertz CT molecular complexity index is 1120. The number of amides is 1. The predicted molar refractivity (Wildman–Crippen MR) is 105 cm³/mol. The number of pyridine rings is 1. The summed E-state index contributed by atoms with van der Waals surface area (Å²) < 4.78 is 16.2. The summed E-state index contributed by atoms with van der Waals surface area (Å²) >= 11 is 0. The number of rotatable bonds is 5. The number of nitrogens with zero attached hydrogens (tertiary/aromatic N) is 3. The Morgan fingerprint density at radius 2 is 1.89 bits per heavy atom. The average Bonchev–Trinajstić information content (AvgIpc) is 3.09. The van der Waals surface area contributed by atoms with Crippen LogP contribution in [-0.2, 0) is 6.54 Å². The van der Waals surface area contributed by atoms with Gasteiger partial charge in [-0.15, -0.1) is 0 Å². The molecule has 0 spiro atoms. The summed E-state index contributed by atoms with van der Waals surface area (Å²) in [6.45, 7) is 2.20. The van der Waals surface area contributed by atoms with Gasteiger partial charge in [0.05, 0.1) is 29.2 Å². The van der Waals surface area contributed by atoms with Crippen LogP contribution < -0.4 is 5.32 Å². The molecule has 1 atom stereocenters. The first-order chi connectivity index (χ1) is 13.6. The van der Waals surface area contributed by atoms with Crippen molar-refractivity contribution >= 4 is 16.9 Å². The van der Waals surface area contributed by atoms with Crippen molar-refractivity contribution in [2.24, 2.45) is 0 Å². The molecule has 2 heterocycles. The third kappa shape index (κ3) is 3.49. The third-order valence-electron chi connectivity index (χ3n) is 4.63. The van der Waals surface area contributed by atoms with Crippen molar-refractivity contribution in [3.05, 3.63) is 95.8 Å². The zero-order valence-corrected chi connectivity index (χ0v) is 15.3. The fraction of sp³-hybridized carbons (Fsp3) is 0.136. The lowest BCUT2D eigenvalue weighted by Gasteiger charge is -2.17. The lowest BCUT2D eigenvalue weighted by atomic mass is 10.2. The summed E-state index contributed by atoms with van der Waals surface area (Å²) in [5.74, 6) is 0.171. The van der Waals surface area contributed by atoms with Crippen LogP contribution in [0.4, 0.5) is 4.39 Å². The van der Waals surface area contributed by atoms with E-state index in [1.807, 2.05) is 41.8 Å². The standard InChI is InChI=1S/C22H19FN4O/c1-15(25-22(28)16-8-6-12-24-13-16)21-26-19-10-4-5-11-20(19)27(21)14-17-7-2-3-9-18(17)23/h2-13,15H,14H2,1H3,(H,25,28). The summed E-state index contributed by atoms with van der Waals surface area (Å²) in [4.78, 5) is 21.2. The van der Waals surface area contributed by atoms with Crippen molar-refractivity contribution in [3.63, 3.8) is 0 Å². The molecule has 0 saturated heterocycles. The molecule has 0 fully saturated rings. The van der Waals surface area contributed by atoms with Gasteiger partial charge >= 0.3 is 0 Å². The van der Waals surface area contributed by atoms with Gasteiger partial charge in [-0.3, -0.25) is 9.78 Å². The number of fused-ring (bicyclic) bond motifs is 1. The van der Waals surface area contributed by atoms with E-state index in [0.717, 1.165) is 11.0 Å². The number of imidazole rings is 1. The number of hydrogen-bond acceptors (Lipinski definition) is 3. The van der Waals surface area contributed by atoms with Crippen LogP contribution in [0.2, 0.25) is 0 Å². The van der Waals surface area contributed by atoms with Gasteiger partial charge < -0.3 is 9.88 Å². The van der Waals surface area contributed by atoms with E-state index in [1.165, 1.54) is 12.3 Å². The monoisotopic (exact) mass is 374 g/mol. The van der Waals surface area contributed by atoms with Gasteiger partial charge in [-0.25, -0.2) is 9.37 Å². The van der Waals surface area contributed by atoms with Gasteiger partial charge in [-0.1, -0.05) is 30.3 Å². The van der Waals surface area contributed by atoms with E-state index in [1.54, 1.807) is 30.5 Å². The van der Waals surface area contributed by atoms with Crippen molar-refractivity contribution in [1.29, 1.82) is 0 Å². The predicted octanol–water partition coefficient (Wildman–Crippen LogP) is 4.11. The van der Waals surface area contributed by atoms with Crippen LogP contribution in [0, 0.1) is 5.82 Å². The molecule has 0 bridgehead atoms. The van der Waals surface area contributed by atoms with E-state index < -0.39 is 0 Å². The topological polar surface area (TPSA) is 59.8 Å². The van der Waals surface area contributed by atoms with Gasteiger partial charge in [-0.2, -0.15) is 0 Å². The molecule has 5 nitrogen and oxygen atoms in total. The minimum atomic E-state index is -0.369. The van der Waals surface area contributed by atoms with Crippen molar-refractivity contribution in [2.45, 2.75) is 19.5 Å². The van der Waals surface area contributed by atoms with E-state index in [0.29, 0.717) is 23.5 Å². The number of nitrogens with one attached hydrogen (secondary N) is 1. The van der Waals surface area contributed by atoms with Gasteiger partial charge in [0, 0.05) is 18.0 Å². The largest absolute Gasteiger partial charge is 0.342 e. The van der Waals surface area contributed by atoms with Crippen LogP contribution in [0.1, 0.15) is 34.7 Å². The van der Waals surface area contributed by atoms with Crippen LogP contribution >= 0.6 is 0 Å². The van der Waals surface area contributed by atoms with Crippen molar-refractivity contribution in [1.82, 2.24) is 19.9 Å². The highest BCUT2D eigenvalue weighted by atomic mass is 19.1. The molecule has 1 amide bonds. The molecule has 1 unspecified atom stereocenters. The molecule has 0 aliphatic rings. The van der Waals surface area contributed by atoms with E-state index in [2.05, 4.69) is 10.3 Å². The van der Waals surface area contributed by atoms with E-state index in [9.17, 15) is 9.18 Å². The molecular weight excluding hydrogens is 355 g/mol. The second-order valence-electron chi connectivity index (χ2n) is 6.57. The maximum atomic E-state index is 14.2. The zero-order chi connectivity index (χ0) is 19.5. The fourth-order valence-electron chi connectivity index (χ4n) is 3.23. The number of carbonyl (C=O) groups excluding carboxylic acids is 1. The van der Waals surface area contributed by atoms with Crippen molar-refractivity contribution < 1.29 is 9.18 Å². The fourth-order valence-corrected chi connectivity index (χ4v) is 3.23. The van der Waals surface area contributed by atoms with Gasteiger partial charge in [0.2, 0.25) is 0 Å². The molecule has 2 aromatic carbocycles. The van der Waals surface area contributed by atoms with Crippen LogP contribution in [0.15, 0.2) is 73.1 Å². The average molecular weight is 374 g/mol.